The Morgan fingerprint density at radius 3 is 3.00 bits per heavy atom. The van der Waals surface area contributed by atoms with E-state index in [4.69, 9.17) is 9.15 Å². The molecule has 2 aromatic heterocycles. The van der Waals surface area contributed by atoms with Crippen molar-refractivity contribution in [1.82, 2.24) is 25.3 Å². The highest BCUT2D eigenvalue weighted by Gasteiger charge is 2.31. The summed E-state index contributed by atoms with van der Waals surface area (Å²) in [7, 11) is 1.61. The lowest BCUT2D eigenvalue weighted by Gasteiger charge is -2.34. The van der Waals surface area contributed by atoms with Gasteiger partial charge in [0.15, 0.2) is 0 Å². The predicted molar refractivity (Wildman–Crippen MR) is 112 cm³/mol. The van der Waals surface area contributed by atoms with Gasteiger partial charge in [-0.2, -0.15) is 5.10 Å². The lowest BCUT2D eigenvalue weighted by Crippen LogP contribution is -2.56. The SMILES string of the molecule is COc1ccccc1-n1cc(CNC(=O)C[C@H]2C(=O)NCCN2Cc2ccoc2)cn1. The predicted octanol–water partition coefficient (Wildman–Crippen LogP) is 1.48. The zero-order chi connectivity index (χ0) is 21.6. The maximum atomic E-state index is 12.6. The number of methoxy groups -OCH3 is 1. The Morgan fingerprint density at radius 1 is 1.32 bits per heavy atom. The fourth-order valence-corrected chi connectivity index (χ4v) is 3.64. The topological polar surface area (TPSA) is 102 Å². The Labute approximate surface area is 180 Å². The first-order valence-corrected chi connectivity index (χ1v) is 10.1. The third-order valence-electron chi connectivity index (χ3n) is 5.24. The van der Waals surface area contributed by atoms with Gasteiger partial charge in [-0.25, -0.2) is 4.68 Å². The van der Waals surface area contributed by atoms with Gasteiger partial charge in [-0.05, 0) is 18.2 Å². The molecule has 0 saturated carbocycles. The van der Waals surface area contributed by atoms with Crippen LogP contribution >= 0.6 is 0 Å². The van der Waals surface area contributed by atoms with Crippen molar-refractivity contribution >= 4 is 11.8 Å². The second-order valence-electron chi connectivity index (χ2n) is 7.35. The second-order valence-corrected chi connectivity index (χ2v) is 7.35. The van der Waals surface area contributed by atoms with Crippen LogP contribution in [-0.4, -0.2) is 52.7 Å². The monoisotopic (exact) mass is 423 g/mol. The molecule has 9 nitrogen and oxygen atoms in total. The van der Waals surface area contributed by atoms with E-state index in [2.05, 4.69) is 15.7 Å². The lowest BCUT2D eigenvalue weighted by atomic mass is 10.1. The fraction of sp³-hybridized carbons (Fsp3) is 0.318. The number of benzene rings is 1. The zero-order valence-corrected chi connectivity index (χ0v) is 17.3. The Bertz CT molecular complexity index is 1030. The van der Waals surface area contributed by atoms with Crippen molar-refractivity contribution in [3.8, 4) is 11.4 Å². The Balaban J connectivity index is 1.35. The Morgan fingerprint density at radius 2 is 2.19 bits per heavy atom. The summed E-state index contributed by atoms with van der Waals surface area (Å²) in [6.45, 7) is 2.13. The molecular weight excluding hydrogens is 398 g/mol. The second kappa shape index (κ2) is 9.48. The molecule has 0 bridgehead atoms. The molecule has 1 aliphatic rings. The van der Waals surface area contributed by atoms with Crippen molar-refractivity contribution in [2.45, 2.75) is 25.6 Å². The largest absolute Gasteiger partial charge is 0.494 e. The van der Waals surface area contributed by atoms with E-state index in [0.29, 0.717) is 31.9 Å². The number of para-hydroxylation sites is 2. The summed E-state index contributed by atoms with van der Waals surface area (Å²) in [5.74, 6) is 0.389. The minimum absolute atomic E-state index is 0.0876. The average Bonchev–Trinajstić information content (AvgIpc) is 3.47. The molecule has 9 heteroatoms. The maximum Gasteiger partial charge on any atom is 0.237 e. The molecule has 1 aliphatic heterocycles. The number of ether oxygens (including phenoxy) is 1. The minimum Gasteiger partial charge on any atom is -0.494 e. The molecule has 4 rings (SSSR count). The molecule has 0 spiro atoms. The van der Waals surface area contributed by atoms with E-state index in [1.54, 1.807) is 30.5 Å². The molecule has 1 fully saturated rings. The van der Waals surface area contributed by atoms with Crippen molar-refractivity contribution < 1.29 is 18.7 Å². The molecule has 1 saturated heterocycles. The van der Waals surface area contributed by atoms with Gasteiger partial charge in [0.1, 0.15) is 11.4 Å². The summed E-state index contributed by atoms with van der Waals surface area (Å²) < 4.78 is 12.2. The Hall–Kier alpha value is -3.59. The van der Waals surface area contributed by atoms with Gasteiger partial charge in [0, 0.05) is 43.5 Å². The van der Waals surface area contributed by atoms with E-state index < -0.39 is 6.04 Å². The van der Waals surface area contributed by atoms with Gasteiger partial charge in [0.2, 0.25) is 11.8 Å². The highest BCUT2D eigenvalue weighted by molar-refractivity contribution is 5.88. The van der Waals surface area contributed by atoms with Gasteiger partial charge in [0.25, 0.3) is 0 Å². The van der Waals surface area contributed by atoms with Crippen LogP contribution in [0.25, 0.3) is 5.69 Å². The molecule has 31 heavy (non-hydrogen) atoms. The summed E-state index contributed by atoms with van der Waals surface area (Å²) in [5, 5.41) is 10.1. The van der Waals surface area contributed by atoms with Crippen molar-refractivity contribution in [3.63, 3.8) is 0 Å². The van der Waals surface area contributed by atoms with Crippen molar-refractivity contribution in [3.05, 3.63) is 66.4 Å². The summed E-state index contributed by atoms with van der Waals surface area (Å²) in [6.07, 6.45) is 6.89. The molecule has 2 N–H and O–H groups in total. The molecule has 1 atom stereocenters. The molecule has 1 aromatic carbocycles. The molecule has 2 amide bonds. The van der Waals surface area contributed by atoms with Crippen molar-refractivity contribution in [2.24, 2.45) is 0 Å². The number of nitrogens with one attached hydrogen (secondary N) is 2. The first-order chi connectivity index (χ1) is 15.1. The minimum atomic E-state index is -0.514. The van der Waals surface area contributed by atoms with Crippen molar-refractivity contribution in [1.29, 1.82) is 0 Å². The molecule has 0 aliphatic carbocycles. The number of carbonyl (C=O) groups excluding carboxylic acids is 2. The maximum absolute atomic E-state index is 12.6. The summed E-state index contributed by atoms with van der Waals surface area (Å²) in [5.41, 5.74) is 2.64. The van der Waals surface area contributed by atoms with Crippen LogP contribution in [0.15, 0.2) is 59.7 Å². The van der Waals surface area contributed by atoms with Gasteiger partial charge in [-0.15, -0.1) is 0 Å². The molecule has 0 unspecified atom stereocenters. The normalized spacial score (nSPS) is 16.7. The number of carbonyl (C=O) groups is 2. The first kappa shape index (κ1) is 20.7. The molecular formula is C22H25N5O4. The molecule has 3 aromatic rings. The van der Waals surface area contributed by atoms with Crippen LogP contribution in [0.1, 0.15) is 17.5 Å². The number of amides is 2. The van der Waals surface area contributed by atoms with E-state index >= 15 is 0 Å². The van der Waals surface area contributed by atoms with Gasteiger partial charge < -0.3 is 19.8 Å². The van der Waals surface area contributed by atoms with E-state index in [1.165, 1.54) is 0 Å². The average molecular weight is 423 g/mol. The number of nitrogens with zero attached hydrogens (tertiary/aromatic N) is 3. The summed E-state index contributed by atoms with van der Waals surface area (Å²) in [6, 6.07) is 8.92. The summed E-state index contributed by atoms with van der Waals surface area (Å²) >= 11 is 0. The summed E-state index contributed by atoms with van der Waals surface area (Å²) in [4.78, 5) is 27.0. The molecule has 162 valence electrons. The van der Waals surface area contributed by atoms with Crippen LogP contribution < -0.4 is 15.4 Å². The standard InChI is InChI=1S/C22H25N5O4/c1-30-20-5-3-2-4-18(20)27-14-17(12-25-27)11-24-21(28)10-19-22(29)23-7-8-26(19)13-16-6-9-31-15-16/h2-6,9,12,14-15,19H,7-8,10-11,13H2,1H3,(H,23,29)(H,24,28)/t19-/m0/s1. The third-order valence-corrected chi connectivity index (χ3v) is 5.24. The number of hydrogen-bond donors (Lipinski definition) is 2. The zero-order valence-electron chi connectivity index (χ0n) is 17.3. The number of piperazine rings is 1. The van der Waals surface area contributed by atoms with Crippen LogP contribution in [-0.2, 0) is 22.7 Å². The van der Waals surface area contributed by atoms with Crippen LogP contribution in [0.5, 0.6) is 5.75 Å². The number of rotatable bonds is 8. The quantitative estimate of drug-likeness (QED) is 0.569. The van der Waals surface area contributed by atoms with Crippen molar-refractivity contribution in [2.75, 3.05) is 20.2 Å². The van der Waals surface area contributed by atoms with Crippen LogP contribution in [0.4, 0.5) is 0 Å². The van der Waals surface area contributed by atoms with Crippen LogP contribution in [0, 0.1) is 0 Å². The van der Waals surface area contributed by atoms with E-state index in [-0.39, 0.29) is 18.2 Å². The van der Waals surface area contributed by atoms with Gasteiger partial charge in [-0.3, -0.25) is 14.5 Å². The number of furan rings is 1. The number of hydrogen-bond acceptors (Lipinski definition) is 6. The van der Waals surface area contributed by atoms with E-state index in [0.717, 1.165) is 16.8 Å². The fourth-order valence-electron chi connectivity index (χ4n) is 3.64. The van der Waals surface area contributed by atoms with Gasteiger partial charge in [-0.1, -0.05) is 12.1 Å². The van der Waals surface area contributed by atoms with E-state index in [9.17, 15) is 9.59 Å². The van der Waals surface area contributed by atoms with Crippen LogP contribution in [0.3, 0.4) is 0 Å². The lowest BCUT2D eigenvalue weighted by molar-refractivity contribution is -0.134. The van der Waals surface area contributed by atoms with Gasteiger partial charge >= 0.3 is 0 Å². The van der Waals surface area contributed by atoms with E-state index in [1.807, 2.05) is 41.4 Å². The third kappa shape index (κ3) is 4.95. The molecule has 3 heterocycles. The van der Waals surface area contributed by atoms with Gasteiger partial charge in [0.05, 0.1) is 38.3 Å². The van der Waals surface area contributed by atoms with Crippen LogP contribution in [0.2, 0.25) is 0 Å². The Kier molecular flexibility index (Phi) is 6.32. The highest BCUT2D eigenvalue weighted by atomic mass is 16.5. The number of aromatic nitrogens is 2. The highest BCUT2D eigenvalue weighted by Crippen LogP contribution is 2.21. The smallest absolute Gasteiger partial charge is 0.237 e. The first-order valence-electron chi connectivity index (χ1n) is 10.1. The molecule has 0 radical (unpaired) electrons.